The molecule has 0 saturated carbocycles. The molecule has 0 bridgehead atoms. The van der Waals surface area contributed by atoms with Gasteiger partial charge in [-0.25, -0.2) is 4.79 Å². The van der Waals surface area contributed by atoms with Crippen LogP contribution in [0.15, 0.2) is 77.4 Å². The minimum atomic E-state index is -0.510. The minimum Gasteiger partial charge on any atom is -0.466 e. The van der Waals surface area contributed by atoms with Crippen molar-refractivity contribution in [3.8, 4) is 11.1 Å². The molecule has 1 amide bonds. The van der Waals surface area contributed by atoms with Crippen LogP contribution in [0.5, 0.6) is 0 Å². The highest BCUT2D eigenvalue weighted by molar-refractivity contribution is 5.85. The zero-order valence-electron chi connectivity index (χ0n) is 11.9. The van der Waals surface area contributed by atoms with Crippen LogP contribution >= 0.6 is 0 Å². The van der Waals surface area contributed by atoms with Gasteiger partial charge in [-0.2, -0.15) is 0 Å². The quantitative estimate of drug-likeness (QED) is 0.758. The maximum atomic E-state index is 11.7. The van der Waals surface area contributed by atoms with Crippen LogP contribution in [0.2, 0.25) is 0 Å². The van der Waals surface area contributed by atoms with Crippen LogP contribution in [-0.4, -0.2) is 6.09 Å². The Balaban J connectivity index is 1.58. The number of nitrogens with one attached hydrogen (secondary N) is 1. The molecule has 4 heteroatoms. The third kappa shape index (κ3) is 3.55. The van der Waals surface area contributed by atoms with Crippen molar-refractivity contribution in [2.45, 2.75) is 6.61 Å². The van der Waals surface area contributed by atoms with Crippen LogP contribution in [0.4, 0.5) is 10.5 Å². The van der Waals surface area contributed by atoms with E-state index in [0.717, 1.165) is 11.1 Å². The van der Waals surface area contributed by atoms with Gasteiger partial charge in [-0.05, 0) is 35.4 Å². The van der Waals surface area contributed by atoms with Crippen LogP contribution in [0.25, 0.3) is 11.1 Å². The molecule has 0 saturated heterocycles. The largest absolute Gasteiger partial charge is 0.466 e. The first-order valence-electron chi connectivity index (χ1n) is 6.93. The number of furan rings is 1. The predicted molar refractivity (Wildman–Crippen MR) is 84.4 cm³/mol. The highest BCUT2D eigenvalue weighted by Gasteiger charge is 2.05. The van der Waals surface area contributed by atoms with E-state index < -0.39 is 6.09 Å². The van der Waals surface area contributed by atoms with E-state index in [2.05, 4.69) is 5.32 Å². The molecule has 1 heterocycles. The standard InChI is InChI=1S/C18H15NO3/c20-18(22-13-17-7-4-12-21-17)19-16-10-8-15(9-11-16)14-5-2-1-3-6-14/h1-12H,13H2,(H,19,20). The molecule has 0 spiro atoms. The van der Waals surface area contributed by atoms with Gasteiger partial charge in [-0.1, -0.05) is 42.5 Å². The fourth-order valence-corrected chi connectivity index (χ4v) is 2.06. The third-order valence-electron chi connectivity index (χ3n) is 3.16. The van der Waals surface area contributed by atoms with Crippen molar-refractivity contribution in [1.82, 2.24) is 0 Å². The molecule has 22 heavy (non-hydrogen) atoms. The number of amides is 1. The topological polar surface area (TPSA) is 51.5 Å². The first kappa shape index (κ1) is 13.9. The number of carbonyl (C=O) groups is 1. The predicted octanol–water partition coefficient (Wildman–Crippen LogP) is 4.70. The molecule has 2 aromatic carbocycles. The van der Waals surface area contributed by atoms with Crippen molar-refractivity contribution in [2.24, 2.45) is 0 Å². The summed E-state index contributed by atoms with van der Waals surface area (Å²) in [5.74, 6) is 0.606. The molecule has 3 aromatic rings. The van der Waals surface area contributed by atoms with Gasteiger partial charge in [0.2, 0.25) is 0 Å². The van der Waals surface area contributed by atoms with Crippen molar-refractivity contribution < 1.29 is 13.9 Å². The second-order valence-corrected chi connectivity index (χ2v) is 4.72. The Bertz CT molecular complexity index is 719. The van der Waals surface area contributed by atoms with E-state index in [-0.39, 0.29) is 6.61 Å². The molecule has 0 aliphatic carbocycles. The summed E-state index contributed by atoms with van der Waals surface area (Å²) in [7, 11) is 0. The lowest BCUT2D eigenvalue weighted by Crippen LogP contribution is -2.13. The third-order valence-corrected chi connectivity index (χ3v) is 3.16. The van der Waals surface area contributed by atoms with Crippen molar-refractivity contribution in [3.63, 3.8) is 0 Å². The van der Waals surface area contributed by atoms with Crippen molar-refractivity contribution in [1.29, 1.82) is 0 Å². The molecule has 0 unspecified atom stereocenters. The molecule has 3 rings (SSSR count). The number of benzene rings is 2. The maximum Gasteiger partial charge on any atom is 0.412 e. The van der Waals surface area contributed by atoms with Crippen molar-refractivity contribution in [2.75, 3.05) is 5.32 Å². The number of hydrogen-bond donors (Lipinski definition) is 1. The highest BCUT2D eigenvalue weighted by Crippen LogP contribution is 2.21. The molecule has 0 atom stereocenters. The normalized spacial score (nSPS) is 10.2. The Morgan fingerprint density at radius 3 is 2.32 bits per heavy atom. The molecule has 0 aliphatic rings. The summed E-state index contributed by atoms with van der Waals surface area (Å²) in [6.07, 6.45) is 1.03. The van der Waals surface area contributed by atoms with E-state index in [9.17, 15) is 4.79 Å². The molecular weight excluding hydrogens is 278 g/mol. The van der Waals surface area contributed by atoms with E-state index >= 15 is 0 Å². The summed E-state index contributed by atoms with van der Waals surface area (Å²) < 4.78 is 10.2. The molecule has 1 aromatic heterocycles. The first-order chi connectivity index (χ1) is 10.8. The van der Waals surface area contributed by atoms with Crippen molar-refractivity contribution in [3.05, 3.63) is 78.8 Å². The number of anilines is 1. The second-order valence-electron chi connectivity index (χ2n) is 4.72. The Morgan fingerprint density at radius 2 is 1.64 bits per heavy atom. The molecule has 0 radical (unpaired) electrons. The van der Waals surface area contributed by atoms with E-state index in [1.807, 2.05) is 54.6 Å². The zero-order chi connectivity index (χ0) is 15.2. The monoisotopic (exact) mass is 293 g/mol. The van der Waals surface area contributed by atoms with Gasteiger partial charge in [0.05, 0.1) is 6.26 Å². The number of carbonyl (C=O) groups excluding carboxylic acids is 1. The number of hydrogen-bond acceptors (Lipinski definition) is 3. The summed E-state index contributed by atoms with van der Waals surface area (Å²) in [6, 6.07) is 21.2. The summed E-state index contributed by atoms with van der Waals surface area (Å²) in [6.45, 7) is 0.112. The second kappa shape index (κ2) is 6.63. The Hall–Kier alpha value is -3.01. The van der Waals surface area contributed by atoms with Gasteiger partial charge in [0, 0.05) is 5.69 Å². The fraction of sp³-hybridized carbons (Fsp3) is 0.0556. The molecule has 0 aliphatic heterocycles. The smallest absolute Gasteiger partial charge is 0.412 e. The summed E-state index contributed by atoms with van der Waals surface area (Å²) in [4.78, 5) is 11.7. The van der Waals surface area contributed by atoms with Gasteiger partial charge in [-0.3, -0.25) is 5.32 Å². The van der Waals surface area contributed by atoms with Gasteiger partial charge in [-0.15, -0.1) is 0 Å². The van der Waals surface area contributed by atoms with Crippen molar-refractivity contribution >= 4 is 11.8 Å². The fourth-order valence-electron chi connectivity index (χ4n) is 2.06. The lowest BCUT2D eigenvalue weighted by molar-refractivity contribution is 0.146. The lowest BCUT2D eigenvalue weighted by Gasteiger charge is -2.07. The SMILES string of the molecule is O=C(Nc1ccc(-c2ccccc2)cc1)OCc1ccco1. The van der Waals surface area contributed by atoms with E-state index in [1.54, 1.807) is 18.4 Å². The van der Waals surface area contributed by atoms with Gasteiger partial charge in [0.1, 0.15) is 5.76 Å². The van der Waals surface area contributed by atoms with Gasteiger partial charge >= 0.3 is 6.09 Å². The summed E-state index contributed by atoms with van der Waals surface area (Å²) in [5, 5.41) is 2.68. The Kier molecular flexibility index (Phi) is 4.20. The molecule has 110 valence electrons. The summed E-state index contributed by atoms with van der Waals surface area (Å²) in [5.41, 5.74) is 2.91. The van der Waals surface area contributed by atoms with Crippen LogP contribution in [-0.2, 0) is 11.3 Å². The molecule has 4 nitrogen and oxygen atoms in total. The van der Waals surface area contributed by atoms with Crippen LogP contribution in [0, 0.1) is 0 Å². The van der Waals surface area contributed by atoms with Crippen LogP contribution < -0.4 is 5.32 Å². The summed E-state index contributed by atoms with van der Waals surface area (Å²) >= 11 is 0. The molecule has 0 fully saturated rings. The number of rotatable bonds is 4. The maximum absolute atomic E-state index is 11.7. The molecular formula is C18H15NO3. The number of ether oxygens (including phenoxy) is 1. The van der Waals surface area contributed by atoms with Gasteiger partial charge in [0.15, 0.2) is 6.61 Å². The average Bonchev–Trinajstić information content (AvgIpc) is 3.08. The average molecular weight is 293 g/mol. The molecule has 1 N–H and O–H groups in total. The van der Waals surface area contributed by atoms with Crippen LogP contribution in [0.3, 0.4) is 0 Å². The van der Waals surface area contributed by atoms with E-state index in [4.69, 9.17) is 9.15 Å². The van der Waals surface area contributed by atoms with Gasteiger partial charge in [0.25, 0.3) is 0 Å². The highest BCUT2D eigenvalue weighted by atomic mass is 16.6. The van der Waals surface area contributed by atoms with Crippen LogP contribution in [0.1, 0.15) is 5.76 Å². The zero-order valence-corrected chi connectivity index (χ0v) is 11.9. The Morgan fingerprint density at radius 1 is 0.909 bits per heavy atom. The van der Waals surface area contributed by atoms with E-state index in [1.165, 1.54) is 0 Å². The van der Waals surface area contributed by atoms with E-state index in [0.29, 0.717) is 11.4 Å². The minimum absolute atomic E-state index is 0.112. The Labute approximate surface area is 128 Å². The first-order valence-corrected chi connectivity index (χ1v) is 6.93. The lowest BCUT2D eigenvalue weighted by atomic mass is 10.1. The van der Waals surface area contributed by atoms with Gasteiger partial charge < -0.3 is 9.15 Å².